The number of hydrogen-bond acceptors (Lipinski definition) is 4. The lowest BCUT2D eigenvalue weighted by atomic mass is 10.1. The van der Waals surface area contributed by atoms with Crippen molar-refractivity contribution in [3.63, 3.8) is 0 Å². The summed E-state index contributed by atoms with van der Waals surface area (Å²) in [7, 11) is 3.97. The minimum Gasteiger partial charge on any atom is -0.392 e. The minimum atomic E-state index is 0.0332. The lowest BCUT2D eigenvalue weighted by Gasteiger charge is -2.20. The maximum Gasteiger partial charge on any atom is 0.129 e. The molecule has 0 fully saturated rings. The highest BCUT2D eigenvalue weighted by Crippen LogP contribution is 2.20. The van der Waals surface area contributed by atoms with Crippen molar-refractivity contribution in [2.75, 3.05) is 11.9 Å². The van der Waals surface area contributed by atoms with E-state index in [1.165, 1.54) is 0 Å². The molecule has 0 aromatic carbocycles. The van der Waals surface area contributed by atoms with Crippen molar-refractivity contribution in [2.45, 2.75) is 32.9 Å². The SMILES string of the molecule is CC(C)c1cc(CO)cc(N(C)Cc2nccn2C)n1. The van der Waals surface area contributed by atoms with Gasteiger partial charge >= 0.3 is 0 Å². The van der Waals surface area contributed by atoms with E-state index in [1.54, 1.807) is 6.20 Å². The van der Waals surface area contributed by atoms with Gasteiger partial charge in [-0.2, -0.15) is 0 Å². The van der Waals surface area contributed by atoms with E-state index in [2.05, 4.69) is 23.8 Å². The van der Waals surface area contributed by atoms with E-state index in [-0.39, 0.29) is 6.61 Å². The van der Waals surface area contributed by atoms with Crippen LogP contribution in [0.2, 0.25) is 0 Å². The molecule has 0 spiro atoms. The first-order chi connectivity index (χ1) is 9.51. The maximum absolute atomic E-state index is 9.39. The van der Waals surface area contributed by atoms with Gasteiger partial charge in [-0.3, -0.25) is 0 Å². The molecule has 0 amide bonds. The molecule has 0 bridgehead atoms. The van der Waals surface area contributed by atoms with Crippen molar-refractivity contribution in [2.24, 2.45) is 7.05 Å². The summed E-state index contributed by atoms with van der Waals surface area (Å²) in [5, 5.41) is 9.39. The first-order valence-corrected chi connectivity index (χ1v) is 6.80. The third-order valence-corrected chi connectivity index (χ3v) is 3.36. The summed E-state index contributed by atoms with van der Waals surface area (Å²) < 4.78 is 2.00. The van der Waals surface area contributed by atoms with Crippen molar-refractivity contribution < 1.29 is 5.11 Å². The molecule has 0 aliphatic heterocycles. The van der Waals surface area contributed by atoms with Crippen LogP contribution in [-0.2, 0) is 20.2 Å². The van der Waals surface area contributed by atoms with Gasteiger partial charge in [0.2, 0.25) is 0 Å². The van der Waals surface area contributed by atoms with Crippen LogP contribution in [0.15, 0.2) is 24.5 Å². The molecular weight excluding hydrogens is 252 g/mol. The van der Waals surface area contributed by atoms with Crippen LogP contribution in [0.25, 0.3) is 0 Å². The molecule has 20 heavy (non-hydrogen) atoms. The molecule has 0 unspecified atom stereocenters. The molecule has 2 rings (SSSR count). The van der Waals surface area contributed by atoms with Gasteiger partial charge in [0.05, 0.1) is 13.2 Å². The molecule has 5 nitrogen and oxygen atoms in total. The van der Waals surface area contributed by atoms with Gasteiger partial charge in [0.25, 0.3) is 0 Å². The highest BCUT2D eigenvalue weighted by atomic mass is 16.3. The van der Waals surface area contributed by atoms with E-state index in [0.29, 0.717) is 12.5 Å². The van der Waals surface area contributed by atoms with Crippen LogP contribution in [0.4, 0.5) is 5.82 Å². The van der Waals surface area contributed by atoms with Crippen molar-refractivity contribution in [3.8, 4) is 0 Å². The Morgan fingerprint density at radius 1 is 1.35 bits per heavy atom. The van der Waals surface area contributed by atoms with E-state index in [1.807, 2.05) is 41.9 Å². The number of hydrogen-bond donors (Lipinski definition) is 1. The predicted octanol–water partition coefficient (Wildman–Crippen LogP) is 2.07. The smallest absolute Gasteiger partial charge is 0.129 e. The Bertz CT molecular complexity index is 577. The second-order valence-electron chi connectivity index (χ2n) is 5.38. The summed E-state index contributed by atoms with van der Waals surface area (Å²) in [6.07, 6.45) is 3.72. The molecule has 2 aromatic rings. The lowest BCUT2D eigenvalue weighted by molar-refractivity contribution is 0.281. The van der Waals surface area contributed by atoms with Gasteiger partial charge in [0.1, 0.15) is 11.6 Å². The highest BCUT2D eigenvalue weighted by molar-refractivity contribution is 5.42. The van der Waals surface area contributed by atoms with Gasteiger partial charge in [-0.15, -0.1) is 0 Å². The summed E-state index contributed by atoms with van der Waals surface area (Å²) >= 11 is 0. The van der Waals surface area contributed by atoms with Crippen LogP contribution >= 0.6 is 0 Å². The quantitative estimate of drug-likeness (QED) is 0.907. The van der Waals surface area contributed by atoms with Crippen LogP contribution in [-0.4, -0.2) is 26.7 Å². The van der Waals surface area contributed by atoms with E-state index in [9.17, 15) is 5.11 Å². The molecule has 108 valence electrons. The molecule has 0 saturated heterocycles. The Balaban J connectivity index is 2.26. The number of imidazole rings is 1. The predicted molar refractivity (Wildman–Crippen MR) is 79.6 cm³/mol. The molecule has 0 atom stereocenters. The second-order valence-corrected chi connectivity index (χ2v) is 5.38. The third kappa shape index (κ3) is 3.17. The van der Waals surface area contributed by atoms with Gasteiger partial charge in [-0.25, -0.2) is 9.97 Å². The van der Waals surface area contributed by atoms with Crippen LogP contribution in [0, 0.1) is 0 Å². The fraction of sp³-hybridized carbons (Fsp3) is 0.467. The normalized spacial score (nSPS) is 11.1. The van der Waals surface area contributed by atoms with Crippen LogP contribution in [0.5, 0.6) is 0 Å². The van der Waals surface area contributed by atoms with E-state index < -0.39 is 0 Å². The Morgan fingerprint density at radius 3 is 2.65 bits per heavy atom. The average Bonchev–Trinajstić information content (AvgIpc) is 2.83. The zero-order chi connectivity index (χ0) is 14.7. The largest absolute Gasteiger partial charge is 0.392 e. The number of rotatable bonds is 5. The number of anilines is 1. The topological polar surface area (TPSA) is 54.2 Å². The monoisotopic (exact) mass is 274 g/mol. The fourth-order valence-electron chi connectivity index (χ4n) is 2.02. The molecule has 0 radical (unpaired) electrons. The highest BCUT2D eigenvalue weighted by Gasteiger charge is 2.11. The van der Waals surface area contributed by atoms with Crippen LogP contribution < -0.4 is 4.90 Å². The zero-order valence-corrected chi connectivity index (χ0v) is 12.5. The number of aromatic nitrogens is 3. The lowest BCUT2D eigenvalue weighted by Crippen LogP contribution is -2.21. The average molecular weight is 274 g/mol. The zero-order valence-electron chi connectivity index (χ0n) is 12.5. The number of aliphatic hydroxyl groups excluding tert-OH is 1. The molecule has 2 heterocycles. The summed E-state index contributed by atoms with van der Waals surface area (Å²) in [6.45, 7) is 4.92. The van der Waals surface area contributed by atoms with E-state index in [0.717, 1.165) is 22.9 Å². The van der Waals surface area contributed by atoms with Crippen molar-refractivity contribution in [1.29, 1.82) is 0 Å². The molecule has 1 N–H and O–H groups in total. The van der Waals surface area contributed by atoms with Gasteiger partial charge in [0, 0.05) is 32.2 Å². The minimum absolute atomic E-state index is 0.0332. The van der Waals surface area contributed by atoms with E-state index >= 15 is 0 Å². The Labute approximate surface area is 119 Å². The third-order valence-electron chi connectivity index (χ3n) is 3.36. The first kappa shape index (κ1) is 14.5. The Hall–Kier alpha value is -1.88. The molecule has 0 aliphatic rings. The van der Waals surface area contributed by atoms with Crippen molar-refractivity contribution in [1.82, 2.24) is 14.5 Å². The van der Waals surface area contributed by atoms with Gasteiger partial charge in [0.15, 0.2) is 0 Å². The number of aliphatic hydroxyl groups is 1. The Morgan fingerprint density at radius 2 is 2.10 bits per heavy atom. The molecule has 0 aliphatic carbocycles. The van der Waals surface area contributed by atoms with Gasteiger partial charge in [-0.05, 0) is 23.6 Å². The summed E-state index contributed by atoms with van der Waals surface area (Å²) in [4.78, 5) is 11.0. The number of aryl methyl sites for hydroxylation is 1. The first-order valence-electron chi connectivity index (χ1n) is 6.80. The molecule has 2 aromatic heterocycles. The summed E-state index contributed by atoms with van der Waals surface area (Å²) in [5.41, 5.74) is 1.89. The molecule has 5 heteroatoms. The standard InChI is InChI=1S/C15H22N4O/c1-11(2)13-7-12(10-20)8-14(17-13)19(4)9-15-16-5-6-18(15)3/h5-8,11,20H,9-10H2,1-4H3. The number of nitrogens with zero attached hydrogens (tertiary/aromatic N) is 4. The fourth-order valence-corrected chi connectivity index (χ4v) is 2.02. The van der Waals surface area contributed by atoms with Crippen LogP contribution in [0.1, 0.15) is 36.8 Å². The molecular formula is C15H22N4O. The van der Waals surface area contributed by atoms with Gasteiger partial charge in [-0.1, -0.05) is 13.8 Å². The van der Waals surface area contributed by atoms with Gasteiger partial charge < -0.3 is 14.6 Å². The van der Waals surface area contributed by atoms with Crippen molar-refractivity contribution >= 4 is 5.82 Å². The van der Waals surface area contributed by atoms with Crippen molar-refractivity contribution in [3.05, 3.63) is 41.6 Å². The number of pyridine rings is 1. The maximum atomic E-state index is 9.39. The van der Waals surface area contributed by atoms with Crippen LogP contribution in [0.3, 0.4) is 0 Å². The second kappa shape index (κ2) is 6.05. The van der Waals surface area contributed by atoms with E-state index in [4.69, 9.17) is 0 Å². The summed E-state index contributed by atoms with van der Waals surface area (Å²) in [6, 6.07) is 3.89. The summed E-state index contributed by atoms with van der Waals surface area (Å²) in [5.74, 6) is 2.18. The Kier molecular flexibility index (Phi) is 4.39. The molecule has 0 saturated carbocycles.